The molecule has 30 heavy (non-hydrogen) atoms. The van der Waals surface area contributed by atoms with Gasteiger partial charge in [0, 0.05) is 44.1 Å². The van der Waals surface area contributed by atoms with E-state index in [2.05, 4.69) is 12.2 Å². The normalized spacial score (nSPS) is 13.8. The Labute approximate surface area is 180 Å². The molecule has 0 radical (unpaired) electrons. The van der Waals surface area contributed by atoms with Crippen LogP contribution in [0.5, 0.6) is 0 Å². The molecular weight excluding hydrogens is 374 g/mol. The molecule has 1 fully saturated rings. The third-order valence-corrected chi connectivity index (χ3v) is 5.65. The number of rotatable bonds is 7. The molecule has 2 aromatic carbocycles. The Morgan fingerprint density at radius 1 is 1.00 bits per heavy atom. The lowest BCUT2D eigenvalue weighted by atomic mass is 10.1. The average molecular weight is 408 g/mol. The van der Waals surface area contributed by atoms with Gasteiger partial charge in [-0.2, -0.15) is 0 Å². The molecule has 0 atom stereocenters. The molecule has 5 heteroatoms. The Morgan fingerprint density at radius 3 is 2.33 bits per heavy atom. The highest BCUT2D eigenvalue weighted by Gasteiger charge is 2.22. The summed E-state index contributed by atoms with van der Waals surface area (Å²) >= 11 is 0. The third kappa shape index (κ3) is 5.41. The second kappa shape index (κ2) is 10.3. The minimum atomic E-state index is -0.161. The second-order valence-electron chi connectivity index (χ2n) is 8.23. The van der Waals surface area contributed by atoms with Crippen molar-refractivity contribution >= 4 is 23.2 Å². The standard InChI is InChI=1S/C25H33N3O2/c1-4-5-9-19-10-12-20(13-11-19)24(29)26-21-14-15-23(27(2)3)22(18-21)25(30)28-16-7-6-8-17-28/h10-15,18H,4-9,16-17H2,1-3H3,(H,26,29). The number of likely N-dealkylation sites (tertiary alicyclic amines) is 1. The lowest BCUT2D eigenvalue weighted by Gasteiger charge is -2.28. The second-order valence-corrected chi connectivity index (χ2v) is 8.23. The van der Waals surface area contributed by atoms with Crippen LogP contribution in [-0.4, -0.2) is 43.9 Å². The van der Waals surface area contributed by atoms with Gasteiger partial charge in [-0.25, -0.2) is 0 Å². The summed E-state index contributed by atoms with van der Waals surface area (Å²) in [4.78, 5) is 29.7. The molecule has 1 aliphatic rings. The highest BCUT2D eigenvalue weighted by molar-refractivity contribution is 6.06. The van der Waals surface area contributed by atoms with Gasteiger partial charge in [-0.3, -0.25) is 9.59 Å². The van der Waals surface area contributed by atoms with Crippen LogP contribution in [0.3, 0.4) is 0 Å². The highest BCUT2D eigenvalue weighted by atomic mass is 16.2. The van der Waals surface area contributed by atoms with E-state index < -0.39 is 0 Å². The van der Waals surface area contributed by atoms with Gasteiger partial charge in [0.05, 0.1) is 5.56 Å². The van der Waals surface area contributed by atoms with Crippen LogP contribution in [0.2, 0.25) is 0 Å². The quantitative estimate of drug-likeness (QED) is 0.705. The Balaban J connectivity index is 1.77. The zero-order valence-electron chi connectivity index (χ0n) is 18.4. The van der Waals surface area contributed by atoms with Crippen LogP contribution in [0.25, 0.3) is 0 Å². The van der Waals surface area contributed by atoms with Crippen molar-refractivity contribution in [3.05, 3.63) is 59.2 Å². The fourth-order valence-electron chi connectivity index (χ4n) is 3.85. The molecule has 0 aliphatic carbocycles. The first kappa shape index (κ1) is 21.9. The molecule has 1 N–H and O–H groups in total. The number of benzene rings is 2. The van der Waals surface area contributed by atoms with Gasteiger partial charge in [-0.05, 0) is 68.0 Å². The van der Waals surface area contributed by atoms with Gasteiger partial charge in [0.1, 0.15) is 0 Å². The molecule has 2 aromatic rings. The summed E-state index contributed by atoms with van der Waals surface area (Å²) in [6.45, 7) is 3.77. The van der Waals surface area contributed by atoms with Crippen molar-refractivity contribution in [1.29, 1.82) is 0 Å². The number of aryl methyl sites for hydroxylation is 1. The predicted octanol–water partition coefficient (Wildman–Crippen LogP) is 4.97. The molecule has 5 nitrogen and oxygen atoms in total. The van der Waals surface area contributed by atoms with Gasteiger partial charge < -0.3 is 15.1 Å². The Morgan fingerprint density at radius 2 is 1.70 bits per heavy atom. The minimum absolute atomic E-state index is 0.0368. The molecule has 0 bridgehead atoms. The molecule has 1 aliphatic heterocycles. The van der Waals surface area contributed by atoms with Crippen LogP contribution in [0.4, 0.5) is 11.4 Å². The average Bonchev–Trinajstić information content (AvgIpc) is 2.77. The maximum absolute atomic E-state index is 13.1. The van der Waals surface area contributed by atoms with E-state index in [1.807, 2.05) is 60.3 Å². The van der Waals surface area contributed by atoms with Gasteiger partial charge in [-0.15, -0.1) is 0 Å². The van der Waals surface area contributed by atoms with Crippen molar-refractivity contribution in [2.24, 2.45) is 0 Å². The SMILES string of the molecule is CCCCc1ccc(C(=O)Nc2ccc(N(C)C)c(C(=O)N3CCCCC3)c2)cc1. The van der Waals surface area contributed by atoms with Crippen LogP contribution >= 0.6 is 0 Å². The number of hydrogen-bond donors (Lipinski definition) is 1. The van der Waals surface area contributed by atoms with Crippen LogP contribution in [0.1, 0.15) is 65.3 Å². The van der Waals surface area contributed by atoms with E-state index in [-0.39, 0.29) is 11.8 Å². The molecule has 0 aromatic heterocycles. The van der Waals surface area contributed by atoms with Crippen molar-refractivity contribution in [2.45, 2.75) is 45.4 Å². The summed E-state index contributed by atoms with van der Waals surface area (Å²) in [6.07, 6.45) is 6.62. The van der Waals surface area contributed by atoms with Crippen LogP contribution in [0.15, 0.2) is 42.5 Å². The maximum atomic E-state index is 13.1. The van der Waals surface area contributed by atoms with E-state index in [0.29, 0.717) is 16.8 Å². The molecule has 3 rings (SSSR count). The summed E-state index contributed by atoms with van der Waals surface area (Å²) in [5.41, 5.74) is 4.01. The number of nitrogens with one attached hydrogen (secondary N) is 1. The fraction of sp³-hybridized carbons (Fsp3) is 0.440. The van der Waals surface area contributed by atoms with Gasteiger partial charge >= 0.3 is 0 Å². The summed E-state index contributed by atoms with van der Waals surface area (Å²) in [7, 11) is 3.86. The first-order chi connectivity index (χ1) is 14.5. The lowest BCUT2D eigenvalue weighted by Crippen LogP contribution is -2.36. The molecule has 1 heterocycles. The number of unbranched alkanes of at least 4 members (excludes halogenated alkanes) is 1. The zero-order chi connectivity index (χ0) is 21.5. The number of carbonyl (C=O) groups is 2. The number of anilines is 2. The topological polar surface area (TPSA) is 52.7 Å². The van der Waals surface area contributed by atoms with E-state index in [0.717, 1.165) is 50.9 Å². The summed E-state index contributed by atoms with van der Waals surface area (Å²) in [5.74, 6) is -0.124. The summed E-state index contributed by atoms with van der Waals surface area (Å²) in [6, 6.07) is 13.3. The summed E-state index contributed by atoms with van der Waals surface area (Å²) < 4.78 is 0. The lowest BCUT2D eigenvalue weighted by molar-refractivity contribution is 0.0724. The van der Waals surface area contributed by atoms with Gasteiger partial charge in [-0.1, -0.05) is 25.5 Å². The molecule has 160 valence electrons. The van der Waals surface area contributed by atoms with Crippen LogP contribution in [0, 0.1) is 0 Å². The van der Waals surface area contributed by atoms with E-state index in [1.54, 1.807) is 6.07 Å². The first-order valence-corrected chi connectivity index (χ1v) is 11.0. The van der Waals surface area contributed by atoms with E-state index in [1.165, 1.54) is 12.0 Å². The smallest absolute Gasteiger partial charge is 0.256 e. The molecule has 0 saturated carbocycles. The third-order valence-electron chi connectivity index (χ3n) is 5.65. The molecular formula is C25H33N3O2. The Bertz CT molecular complexity index is 868. The van der Waals surface area contributed by atoms with E-state index >= 15 is 0 Å². The molecule has 0 unspecified atom stereocenters. The Hall–Kier alpha value is -2.82. The zero-order valence-corrected chi connectivity index (χ0v) is 18.4. The van der Waals surface area contributed by atoms with Crippen molar-refractivity contribution in [3.63, 3.8) is 0 Å². The Kier molecular flexibility index (Phi) is 7.50. The van der Waals surface area contributed by atoms with Crippen molar-refractivity contribution < 1.29 is 9.59 Å². The van der Waals surface area contributed by atoms with E-state index in [9.17, 15) is 9.59 Å². The van der Waals surface area contributed by atoms with Crippen molar-refractivity contribution in [1.82, 2.24) is 4.90 Å². The maximum Gasteiger partial charge on any atom is 0.256 e. The number of nitrogens with zero attached hydrogens (tertiary/aromatic N) is 2. The number of hydrogen-bond acceptors (Lipinski definition) is 3. The van der Waals surface area contributed by atoms with Crippen molar-refractivity contribution in [3.8, 4) is 0 Å². The van der Waals surface area contributed by atoms with Crippen LogP contribution in [-0.2, 0) is 6.42 Å². The van der Waals surface area contributed by atoms with Crippen molar-refractivity contribution in [2.75, 3.05) is 37.4 Å². The van der Waals surface area contributed by atoms with Gasteiger partial charge in [0.15, 0.2) is 0 Å². The number of amides is 2. The fourth-order valence-corrected chi connectivity index (χ4v) is 3.85. The van der Waals surface area contributed by atoms with E-state index in [4.69, 9.17) is 0 Å². The van der Waals surface area contributed by atoms with Crippen LogP contribution < -0.4 is 10.2 Å². The number of piperidine rings is 1. The summed E-state index contributed by atoms with van der Waals surface area (Å²) in [5, 5.41) is 2.96. The minimum Gasteiger partial charge on any atom is -0.377 e. The largest absolute Gasteiger partial charge is 0.377 e. The molecule has 1 saturated heterocycles. The van der Waals surface area contributed by atoms with Gasteiger partial charge in [0.2, 0.25) is 0 Å². The highest BCUT2D eigenvalue weighted by Crippen LogP contribution is 2.26. The monoisotopic (exact) mass is 407 g/mol. The molecule has 0 spiro atoms. The number of carbonyl (C=O) groups excluding carboxylic acids is 2. The van der Waals surface area contributed by atoms with Gasteiger partial charge in [0.25, 0.3) is 11.8 Å². The first-order valence-electron chi connectivity index (χ1n) is 11.0. The predicted molar refractivity (Wildman–Crippen MR) is 124 cm³/mol. The molecule has 2 amide bonds.